The van der Waals surface area contributed by atoms with Crippen molar-refractivity contribution in [2.75, 3.05) is 26.2 Å². The van der Waals surface area contributed by atoms with E-state index in [-0.39, 0.29) is 23.8 Å². The van der Waals surface area contributed by atoms with E-state index in [1.807, 2.05) is 4.90 Å². The van der Waals surface area contributed by atoms with Gasteiger partial charge in [-0.3, -0.25) is 9.59 Å². The molecule has 116 valence electrons. The van der Waals surface area contributed by atoms with Gasteiger partial charge in [0, 0.05) is 25.0 Å². The van der Waals surface area contributed by atoms with E-state index in [1.165, 1.54) is 0 Å². The van der Waals surface area contributed by atoms with E-state index in [0.29, 0.717) is 24.5 Å². The topological polar surface area (TPSA) is 88.0 Å². The van der Waals surface area contributed by atoms with Gasteiger partial charge in [-0.25, -0.2) is 0 Å². The highest BCUT2D eigenvalue weighted by atomic mass is 32.1. The molecule has 0 aromatic carbocycles. The molecule has 0 unspecified atom stereocenters. The fraction of sp³-hybridized carbons (Fsp3) is 0.615. The molecular weight excluding hydrogens is 306 g/mol. The Hall–Kier alpha value is -2.03. The van der Waals surface area contributed by atoms with Gasteiger partial charge in [0.25, 0.3) is 11.8 Å². The molecule has 3 aliphatic heterocycles. The normalized spacial score (nSPS) is 26.8. The zero-order chi connectivity index (χ0) is 15.1. The van der Waals surface area contributed by atoms with E-state index in [1.54, 1.807) is 10.3 Å². The summed E-state index contributed by atoms with van der Waals surface area (Å²) < 4.78 is 3.71. The lowest BCUT2D eigenvalue weighted by Gasteiger charge is -2.18. The fourth-order valence-corrected chi connectivity index (χ4v) is 3.63. The van der Waals surface area contributed by atoms with Crippen molar-refractivity contribution in [1.29, 1.82) is 0 Å². The average Bonchev–Trinajstić information content (AvgIpc) is 3.29. The highest BCUT2D eigenvalue weighted by molar-refractivity contribution is 7.03. The van der Waals surface area contributed by atoms with Gasteiger partial charge in [-0.1, -0.05) is 9.64 Å². The molecule has 22 heavy (non-hydrogen) atoms. The smallest absolute Gasteiger partial charge is 0.275 e. The molecule has 3 aliphatic rings. The monoisotopic (exact) mass is 321 g/mol. The maximum absolute atomic E-state index is 12.5. The lowest BCUT2D eigenvalue weighted by atomic mass is 10.00. The van der Waals surface area contributed by atoms with Crippen LogP contribution in [-0.4, -0.2) is 69.2 Å². The van der Waals surface area contributed by atoms with Crippen molar-refractivity contribution in [2.45, 2.75) is 18.9 Å². The van der Waals surface area contributed by atoms with Crippen molar-refractivity contribution >= 4 is 29.1 Å². The van der Waals surface area contributed by atoms with Crippen LogP contribution < -0.4 is 0 Å². The van der Waals surface area contributed by atoms with Crippen LogP contribution in [-0.2, 0) is 9.63 Å². The van der Waals surface area contributed by atoms with E-state index >= 15 is 0 Å². The maximum Gasteiger partial charge on any atom is 0.275 e. The van der Waals surface area contributed by atoms with Gasteiger partial charge in [-0.2, -0.15) is 0 Å². The molecular formula is C13H15N5O3S. The zero-order valence-corrected chi connectivity index (χ0v) is 12.7. The summed E-state index contributed by atoms with van der Waals surface area (Å²) in [5.41, 5.74) is 0.799. The quantitative estimate of drug-likeness (QED) is 0.764. The summed E-state index contributed by atoms with van der Waals surface area (Å²) in [6.45, 7) is 2.44. The number of carbonyl (C=O) groups is 2. The number of fused-ring (bicyclic) bond motifs is 1. The Balaban J connectivity index is 1.47. The molecule has 0 bridgehead atoms. The first-order chi connectivity index (χ1) is 10.7. The minimum absolute atomic E-state index is 0.0466. The first-order valence-electron chi connectivity index (χ1n) is 7.33. The number of hydrogen-bond donors (Lipinski definition) is 0. The van der Waals surface area contributed by atoms with Gasteiger partial charge in [0.15, 0.2) is 17.5 Å². The van der Waals surface area contributed by atoms with Crippen LogP contribution in [0, 0.1) is 5.92 Å². The van der Waals surface area contributed by atoms with Gasteiger partial charge >= 0.3 is 0 Å². The Kier molecular flexibility index (Phi) is 3.29. The number of nitrogens with zero attached hydrogens (tertiary/aromatic N) is 5. The van der Waals surface area contributed by atoms with Crippen LogP contribution in [0.1, 0.15) is 23.3 Å². The Bertz CT molecular complexity index is 626. The van der Waals surface area contributed by atoms with Gasteiger partial charge in [-0.15, -0.1) is 5.10 Å². The molecule has 0 aliphatic carbocycles. The molecule has 0 spiro atoms. The summed E-state index contributed by atoms with van der Waals surface area (Å²) in [5, 5.41) is 9.41. The van der Waals surface area contributed by atoms with Gasteiger partial charge < -0.3 is 14.6 Å². The second kappa shape index (κ2) is 5.31. The van der Waals surface area contributed by atoms with E-state index in [0.717, 1.165) is 37.5 Å². The second-order valence-corrected chi connectivity index (χ2v) is 6.34. The third kappa shape index (κ3) is 2.16. The molecule has 4 heterocycles. The van der Waals surface area contributed by atoms with Crippen molar-refractivity contribution in [2.24, 2.45) is 11.1 Å². The SMILES string of the molecule is O=C(C1=NO[C@@H]2CN(C(=O)c3csnn3)C[C@H]12)N1CCCC1. The van der Waals surface area contributed by atoms with Crippen LogP contribution in [0.2, 0.25) is 0 Å². The van der Waals surface area contributed by atoms with Crippen molar-refractivity contribution in [3.63, 3.8) is 0 Å². The Morgan fingerprint density at radius 2 is 2.00 bits per heavy atom. The average molecular weight is 321 g/mol. The predicted molar refractivity (Wildman–Crippen MR) is 77.4 cm³/mol. The molecule has 0 radical (unpaired) electrons. The number of likely N-dealkylation sites (tertiary alicyclic amines) is 2. The largest absolute Gasteiger partial charge is 0.389 e. The van der Waals surface area contributed by atoms with Gasteiger partial charge in [-0.05, 0) is 24.4 Å². The van der Waals surface area contributed by atoms with Gasteiger partial charge in [0.05, 0.1) is 12.5 Å². The molecule has 1 aromatic rings. The lowest BCUT2D eigenvalue weighted by Crippen LogP contribution is -2.39. The summed E-state index contributed by atoms with van der Waals surface area (Å²) in [7, 11) is 0. The Labute approximate surface area is 130 Å². The van der Waals surface area contributed by atoms with Crippen LogP contribution in [0.25, 0.3) is 0 Å². The van der Waals surface area contributed by atoms with Crippen LogP contribution in [0.3, 0.4) is 0 Å². The Morgan fingerprint density at radius 1 is 1.18 bits per heavy atom. The molecule has 2 saturated heterocycles. The van der Waals surface area contributed by atoms with E-state index in [9.17, 15) is 9.59 Å². The summed E-state index contributed by atoms with van der Waals surface area (Å²) in [6.07, 6.45) is 1.85. The van der Waals surface area contributed by atoms with E-state index in [4.69, 9.17) is 4.84 Å². The molecule has 9 heteroatoms. The van der Waals surface area contributed by atoms with Crippen molar-refractivity contribution in [1.82, 2.24) is 19.4 Å². The second-order valence-electron chi connectivity index (χ2n) is 5.73. The van der Waals surface area contributed by atoms with Crippen LogP contribution in [0.15, 0.2) is 10.5 Å². The molecule has 2 atom stereocenters. The van der Waals surface area contributed by atoms with Crippen LogP contribution in [0.4, 0.5) is 0 Å². The van der Waals surface area contributed by atoms with Crippen molar-refractivity contribution in [3.8, 4) is 0 Å². The highest BCUT2D eigenvalue weighted by Crippen LogP contribution is 2.29. The molecule has 0 N–H and O–H groups in total. The third-order valence-electron chi connectivity index (χ3n) is 4.38. The third-order valence-corrected chi connectivity index (χ3v) is 4.89. The Morgan fingerprint density at radius 3 is 2.73 bits per heavy atom. The van der Waals surface area contributed by atoms with Crippen molar-refractivity contribution in [3.05, 3.63) is 11.1 Å². The fourth-order valence-electron chi connectivity index (χ4n) is 3.20. The summed E-state index contributed by atoms with van der Waals surface area (Å²) in [4.78, 5) is 33.7. The number of hydrogen-bond acceptors (Lipinski definition) is 7. The maximum atomic E-state index is 12.5. The first-order valence-corrected chi connectivity index (χ1v) is 8.17. The van der Waals surface area contributed by atoms with E-state index in [2.05, 4.69) is 14.7 Å². The minimum atomic E-state index is -0.225. The predicted octanol–water partition coefficient (Wildman–Crippen LogP) is -0.0127. The number of carbonyl (C=O) groups excluding carboxylic acids is 2. The summed E-state index contributed by atoms with van der Waals surface area (Å²) in [5.74, 6) is -0.349. The summed E-state index contributed by atoms with van der Waals surface area (Å²) in [6, 6.07) is 0. The summed E-state index contributed by atoms with van der Waals surface area (Å²) >= 11 is 1.15. The van der Waals surface area contributed by atoms with Crippen LogP contribution in [0.5, 0.6) is 0 Å². The molecule has 0 saturated carbocycles. The van der Waals surface area contributed by atoms with Crippen LogP contribution >= 0.6 is 11.5 Å². The molecule has 2 amide bonds. The standard InChI is InChI=1S/C13H15N5O3S/c19-12(9-7-22-16-14-9)18-5-8-10(6-18)21-15-11(8)13(20)17-3-1-2-4-17/h7-8,10H,1-6H2/t8-,10+/m0/s1. The lowest BCUT2D eigenvalue weighted by molar-refractivity contribution is -0.123. The van der Waals surface area contributed by atoms with Crippen molar-refractivity contribution < 1.29 is 14.4 Å². The number of oxime groups is 1. The van der Waals surface area contributed by atoms with Gasteiger partial charge in [0.1, 0.15) is 0 Å². The zero-order valence-electron chi connectivity index (χ0n) is 11.8. The molecule has 1 aromatic heterocycles. The molecule has 8 nitrogen and oxygen atoms in total. The number of amides is 2. The molecule has 2 fully saturated rings. The number of aromatic nitrogens is 2. The molecule has 4 rings (SSSR count). The number of rotatable bonds is 2. The van der Waals surface area contributed by atoms with E-state index < -0.39 is 0 Å². The highest BCUT2D eigenvalue weighted by Gasteiger charge is 2.47. The first kappa shape index (κ1) is 13.6. The minimum Gasteiger partial charge on any atom is -0.389 e. The van der Waals surface area contributed by atoms with Gasteiger partial charge in [0.2, 0.25) is 0 Å².